The van der Waals surface area contributed by atoms with Crippen LogP contribution in [0.25, 0.3) is 11.0 Å². The lowest BCUT2D eigenvalue weighted by Gasteiger charge is -1.88. The number of hydrogen-bond acceptors (Lipinski definition) is 2. The van der Waals surface area contributed by atoms with Gasteiger partial charge in [0.1, 0.15) is 0 Å². The molecule has 10 heavy (non-hydrogen) atoms. The molecule has 0 saturated carbocycles. The molecular formula is C7H7N3. The molecule has 0 aliphatic heterocycles. The maximum Gasteiger partial charge on any atom is 0.155 e. The smallest absolute Gasteiger partial charge is 0.155 e. The number of pyridine rings is 1. The number of hydrogen-bond donors (Lipinski definition) is 1. The molecule has 0 saturated heterocycles. The number of fused-ring (bicyclic) bond motifs is 1. The Labute approximate surface area is 58.1 Å². The first-order valence-electron chi connectivity index (χ1n) is 3.13. The molecule has 0 radical (unpaired) electrons. The van der Waals surface area contributed by atoms with Crippen molar-refractivity contribution in [2.45, 2.75) is 6.92 Å². The molecule has 0 aromatic carbocycles. The molecule has 0 bridgehead atoms. The fraction of sp³-hybridized carbons (Fsp3) is 0.143. The van der Waals surface area contributed by atoms with Crippen LogP contribution in [0.4, 0.5) is 0 Å². The standard InChI is InChI=1S/C7H7N3/c1-5-2-3-6-4-8-10-7(6)9-5/h2-4H,1H3,(H,8,9,10). The zero-order valence-corrected chi connectivity index (χ0v) is 5.63. The number of aromatic amines is 1. The summed E-state index contributed by atoms with van der Waals surface area (Å²) in [5.74, 6) is 0. The van der Waals surface area contributed by atoms with Crippen molar-refractivity contribution in [3.8, 4) is 0 Å². The fourth-order valence-electron chi connectivity index (χ4n) is 0.924. The van der Waals surface area contributed by atoms with E-state index in [1.165, 1.54) is 0 Å². The number of H-pyrrole nitrogens is 1. The summed E-state index contributed by atoms with van der Waals surface area (Å²) in [4.78, 5) is 4.22. The second kappa shape index (κ2) is 1.80. The lowest BCUT2D eigenvalue weighted by molar-refractivity contribution is 1.09. The van der Waals surface area contributed by atoms with Crippen LogP contribution in [0, 0.1) is 6.92 Å². The van der Waals surface area contributed by atoms with Crippen molar-refractivity contribution in [2.24, 2.45) is 0 Å². The summed E-state index contributed by atoms with van der Waals surface area (Å²) in [5, 5.41) is 7.71. The quantitative estimate of drug-likeness (QED) is 0.588. The summed E-state index contributed by atoms with van der Waals surface area (Å²) >= 11 is 0. The minimum Gasteiger partial charge on any atom is -0.261 e. The zero-order valence-electron chi connectivity index (χ0n) is 5.63. The highest BCUT2D eigenvalue weighted by Gasteiger charge is 1.93. The van der Waals surface area contributed by atoms with Gasteiger partial charge in [0.2, 0.25) is 0 Å². The maximum absolute atomic E-state index is 4.22. The van der Waals surface area contributed by atoms with E-state index in [1.807, 2.05) is 19.1 Å². The Morgan fingerprint density at radius 3 is 3.20 bits per heavy atom. The first kappa shape index (κ1) is 5.41. The third-order valence-corrected chi connectivity index (χ3v) is 1.44. The Hall–Kier alpha value is -1.38. The summed E-state index contributed by atoms with van der Waals surface area (Å²) in [6.07, 6.45) is 1.77. The molecule has 2 rings (SSSR count). The van der Waals surface area contributed by atoms with Gasteiger partial charge in [0.25, 0.3) is 0 Å². The van der Waals surface area contributed by atoms with Crippen molar-refractivity contribution in [1.29, 1.82) is 0 Å². The third kappa shape index (κ3) is 0.673. The fourth-order valence-corrected chi connectivity index (χ4v) is 0.924. The van der Waals surface area contributed by atoms with Crippen molar-refractivity contribution in [1.82, 2.24) is 15.2 Å². The van der Waals surface area contributed by atoms with Crippen molar-refractivity contribution in [3.05, 3.63) is 24.0 Å². The average Bonchev–Trinajstić information content (AvgIpc) is 2.33. The topological polar surface area (TPSA) is 41.6 Å². The predicted octanol–water partition coefficient (Wildman–Crippen LogP) is 1.27. The average molecular weight is 133 g/mol. The van der Waals surface area contributed by atoms with Gasteiger partial charge >= 0.3 is 0 Å². The van der Waals surface area contributed by atoms with Gasteiger partial charge in [-0.15, -0.1) is 0 Å². The molecule has 0 aliphatic carbocycles. The van der Waals surface area contributed by atoms with Gasteiger partial charge in [0, 0.05) is 11.1 Å². The van der Waals surface area contributed by atoms with Crippen LogP contribution in [0.2, 0.25) is 0 Å². The van der Waals surface area contributed by atoms with Crippen molar-refractivity contribution in [3.63, 3.8) is 0 Å². The van der Waals surface area contributed by atoms with E-state index >= 15 is 0 Å². The Kier molecular flexibility index (Phi) is 0.974. The molecule has 0 unspecified atom stereocenters. The van der Waals surface area contributed by atoms with E-state index in [2.05, 4.69) is 15.2 Å². The molecule has 0 spiro atoms. The van der Waals surface area contributed by atoms with Gasteiger partial charge in [0.05, 0.1) is 6.20 Å². The molecule has 2 aromatic heterocycles. The van der Waals surface area contributed by atoms with Crippen molar-refractivity contribution in [2.75, 3.05) is 0 Å². The van der Waals surface area contributed by atoms with Gasteiger partial charge in [-0.1, -0.05) is 0 Å². The zero-order chi connectivity index (χ0) is 6.97. The second-order valence-electron chi connectivity index (χ2n) is 2.26. The van der Waals surface area contributed by atoms with Crippen molar-refractivity contribution >= 4 is 11.0 Å². The van der Waals surface area contributed by atoms with E-state index in [4.69, 9.17) is 0 Å². The summed E-state index contributed by atoms with van der Waals surface area (Å²) in [7, 11) is 0. The van der Waals surface area contributed by atoms with E-state index in [9.17, 15) is 0 Å². The lowest BCUT2D eigenvalue weighted by atomic mass is 10.3. The summed E-state index contributed by atoms with van der Waals surface area (Å²) < 4.78 is 0. The van der Waals surface area contributed by atoms with E-state index < -0.39 is 0 Å². The van der Waals surface area contributed by atoms with Crippen LogP contribution in [-0.2, 0) is 0 Å². The van der Waals surface area contributed by atoms with E-state index in [0.29, 0.717) is 0 Å². The molecule has 0 aliphatic rings. The van der Waals surface area contributed by atoms with Gasteiger partial charge < -0.3 is 0 Å². The molecule has 0 atom stereocenters. The maximum atomic E-state index is 4.22. The highest BCUT2D eigenvalue weighted by Crippen LogP contribution is 2.06. The number of rotatable bonds is 0. The van der Waals surface area contributed by atoms with Gasteiger partial charge in [0.15, 0.2) is 5.65 Å². The van der Waals surface area contributed by atoms with Crippen LogP contribution < -0.4 is 0 Å². The Bertz CT molecular complexity index is 350. The van der Waals surface area contributed by atoms with Crippen LogP contribution >= 0.6 is 0 Å². The molecule has 2 aromatic rings. The van der Waals surface area contributed by atoms with Crippen LogP contribution in [-0.4, -0.2) is 15.2 Å². The summed E-state index contributed by atoms with van der Waals surface area (Å²) in [6.45, 7) is 1.96. The van der Waals surface area contributed by atoms with Crippen LogP contribution in [0.1, 0.15) is 5.69 Å². The Balaban J connectivity index is 2.86. The molecule has 1 N–H and O–H groups in total. The second-order valence-corrected chi connectivity index (χ2v) is 2.26. The highest BCUT2D eigenvalue weighted by molar-refractivity contribution is 5.73. The number of nitrogens with one attached hydrogen (secondary N) is 1. The van der Waals surface area contributed by atoms with E-state index in [1.54, 1.807) is 6.20 Å². The van der Waals surface area contributed by atoms with Crippen molar-refractivity contribution < 1.29 is 0 Å². The largest absolute Gasteiger partial charge is 0.261 e. The molecule has 0 amide bonds. The van der Waals surface area contributed by atoms with Gasteiger partial charge in [-0.2, -0.15) is 5.10 Å². The first-order valence-corrected chi connectivity index (χ1v) is 3.13. The SMILES string of the molecule is Cc1ccc2cn[nH]c2n1. The van der Waals surface area contributed by atoms with Gasteiger partial charge in [-0.3, -0.25) is 5.10 Å². The van der Waals surface area contributed by atoms with Gasteiger partial charge in [-0.25, -0.2) is 4.98 Å². The van der Waals surface area contributed by atoms with Crippen LogP contribution in [0.3, 0.4) is 0 Å². The minimum absolute atomic E-state index is 0.861. The number of nitrogens with zero attached hydrogens (tertiary/aromatic N) is 2. The molecule has 2 heterocycles. The molecular weight excluding hydrogens is 126 g/mol. The van der Waals surface area contributed by atoms with E-state index in [-0.39, 0.29) is 0 Å². The normalized spacial score (nSPS) is 10.5. The Morgan fingerprint density at radius 2 is 2.30 bits per heavy atom. The minimum atomic E-state index is 0.861. The molecule has 50 valence electrons. The summed E-state index contributed by atoms with van der Waals surface area (Å²) in [5.41, 5.74) is 1.87. The number of aryl methyl sites for hydroxylation is 1. The summed E-state index contributed by atoms with van der Waals surface area (Å²) in [6, 6.07) is 3.97. The predicted molar refractivity (Wildman–Crippen MR) is 38.6 cm³/mol. The Morgan fingerprint density at radius 1 is 1.40 bits per heavy atom. The monoisotopic (exact) mass is 133 g/mol. The van der Waals surface area contributed by atoms with Gasteiger partial charge in [-0.05, 0) is 19.1 Å². The van der Waals surface area contributed by atoms with E-state index in [0.717, 1.165) is 16.7 Å². The lowest BCUT2D eigenvalue weighted by Crippen LogP contribution is -1.79. The molecule has 0 fully saturated rings. The van der Waals surface area contributed by atoms with Crippen LogP contribution in [0.15, 0.2) is 18.3 Å². The van der Waals surface area contributed by atoms with Crippen LogP contribution in [0.5, 0.6) is 0 Å². The first-order chi connectivity index (χ1) is 4.86. The molecule has 3 heteroatoms. The molecule has 3 nitrogen and oxygen atoms in total. The highest BCUT2D eigenvalue weighted by atomic mass is 15.1. The third-order valence-electron chi connectivity index (χ3n) is 1.44. The number of aromatic nitrogens is 3.